The Morgan fingerprint density at radius 2 is 2.16 bits per heavy atom. The molecule has 1 aromatic rings. The van der Waals surface area contributed by atoms with Crippen molar-refractivity contribution in [3.63, 3.8) is 0 Å². The van der Waals surface area contributed by atoms with E-state index >= 15 is 0 Å². The molecule has 0 aliphatic carbocycles. The Labute approximate surface area is 115 Å². The molecule has 0 saturated carbocycles. The summed E-state index contributed by atoms with van der Waals surface area (Å²) in [7, 11) is 2.20. The molecule has 3 aliphatic rings. The first-order valence-corrected chi connectivity index (χ1v) is 7.33. The van der Waals surface area contributed by atoms with Crippen molar-refractivity contribution in [3.8, 4) is 0 Å². The van der Waals surface area contributed by atoms with Gasteiger partial charge < -0.3 is 15.1 Å². The number of hydrogen-bond acceptors (Lipinski definition) is 4. The summed E-state index contributed by atoms with van der Waals surface area (Å²) in [6.45, 7) is 7.21. The normalized spacial score (nSPS) is 34.1. The van der Waals surface area contributed by atoms with Crippen molar-refractivity contribution >= 4 is 0 Å². The average molecular weight is 263 g/mol. The van der Waals surface area contributed by atoms with Crippen molar-refractivity contribution in [2.24, 2.45) is 11.7 Å². The second-order valence-corrected chi connectivity index (χ2v) is 6.23. The zero-order valence-electron chi connectivity index (χ0n) is 12.1. The molecule has 4 rings (SSSR count). The van der Waals surface area contributed by atoms with Gasteiger partial charge in [0.15, 0.2) is 0 Å². The summed E-state index contributed by atoms with van der Waals surface area (Å²) < 4.78 is 5.72. The van der Waals surface area contributed by atoms with Crippen LogP contribution in [0.3, 0.4) is 0 Å². The molecule has 1 atom stereocenters. The molecule has 2 bridgehead atoms. The molecular formula is C15H25N3O. The van der Waals surface area contributed by atoms with Gasteiger partial charge in [-0.1, -0.05) is 0 Å². The van der Waals surface area contributed by atoms with Crippen LogP contribution in [0.25, 0.3) is 0 Å². The van der Waals surface area contributed by atoms with Crippen molar-refractivity contribution in [3.05, 3.63) is 23.7 Å². The summed E-state index contributed by atoms with van der Waals surface area (Å²) in [6.07, 6.45) is 2.58. The number of rotatable bonds is 4. The number of aryl methyl sites for hydroxylation is 1. The van der Waals surface area contributed by atoms with E-state index in [2.05, 4.69) is 22.9 Å². The third-order valence-corrected chi connectivity index (χ3v) is 5.15. The number of likely N-dealkylation sites (N-methyl/N-ethyl adjacent to an activating group) is 1. The van der Waals surface area contributed by atoms with E-state index in [1.807, 2.05) is 13.0 Å². The standard InChI is InChI=1S/C15H25N3O/c1-12-3-4-14(19-12)9-17(2)15(10-16)11-18-7-5-13(15)6-8-18/h3-4,13H,5-11,16H2,1-2H3. The van der Waals surface area contributed by atoms with Crippen molar-refractivity contribution in [2.75, 3.05) is 33.2 Å². The van der Waals surface area contributed by atoms with E-state index < -0.39 is 0 Å². The Balaban J connectivity index is 1.77. The van der Waals surface area contributed by atoms with E-state index in [4.69, 9.17) is 10.2 Å². The smallest absolute Gasteiger partial charge is 0.118 e. The molecule has 3 aliphatic heterocycles. The molecule has 2 N–H and O–H groups in total. The Bertz CT molecular complexity index is 436. The highest BCUT2D eigenvalue weighted by molar-refractivity contribution is 5.09. The van der Waals surface area contributed by atoms with Crippen LogP contribution in [0.1, 0.15) is 24.4 Å². The van der Waals surface area contributed by atoms with Crippen molar-refractivity contribution < 1.29 is 4.42 Å². The molecule has 1 aromatic heterocycles. The van der Waals surface area contributed by atoms with Gasteiger partial charge >= 0.3 is 0 Å². The quantitative estimate of drug-likeness (QED) is 0.893. The first kappa shape index (κ1) is 13.2. The van der Waals surface area contributed by atoms with Crippen LogP contribution in [0.2, 0.25) is 0 Å². The van der Waals surface area contributed by atoms with E-state index in [9.17, 15) is 0 Å². The lowest BCUT2D eigenvalue weighted by Crippen LogP contribution is -2.68. The van der Waals surface area contributed by atoms with Crippen LogP contribution in [0.4, 0.5) is 0 Å². The van der Waals surface area contributed by atoms with Gasteiger partial charge in [0.2, 0.25) is 0 Å². The molecule has 0 amide bonds. The summed E-state index contributed by atoms with van der Waals surface area (Å²) in [4.78, 5) is 5.00. The van der Waals surface area contributed by atoms with E-state index in [0.29, 0.717) is 0 Å². The summed E-state index contributed by atoms with van der Waals surface area (Å²) in [5.41, 5.74) is 6.32. The average Bonchev–Trinajstić information content (AvgIpc) is 2.85. The molecule has 4 nitrogen and oxygen atoms in total. The van der Waals surface area contributed by atoms with Gasteiger partial charge in [-0.2, -0.15) is 0 Å². The Hall–Kier alpha value is -0.840. The molecule has 1 unspecified atom stereocenters. The van der Waals surface area contributed by atoms with E-state index in [-0.39, 0.29) is 5.54 Å². The maximum absolute atomic E-state index is 6.19. The highest BCUT2D eigenvalue weighted by atomic mass is 16.3. The largest absolute Gasteiger partial charge is 0.465 e. The molecular weight excluding hydrogens is 238 g/mol. The van der Waals surface area contributed by atoms with Gasteiger partial charge in [-0.3, -0.25) is 4.90 Å². The molecule has 3 saturated heterocycles. The predicted molar refractivity (Wildman–Crippen MR) is 75.9 cm³/mol. The fourth-order valence-electron chi connectivity index (χ4n) is 3.93. The van der Waals surface area contributed by atoms with E-state index in [1.165, 1.54) is 25.9 Å². The second kappa shape index (κ2) is 4.93. The maximum Gasteiger partial charge on any atom is 0.118 e. The summed E-state index contributed by atoms with van der Waals surface area (Å²) in [6, 6.07) is 4.12. The fourth-order valence-corrected chi connectivity index (χ4v) is 3.93. The molecule has 4 heterocycles. The van der Waals surface area contributed by atoms with Crippen molar-refractivity contribution in [2.45, 2.75) is 31.8 Å². The maximum atomic E-state index is 6.19. The molecule has 106 valence electrons. The minimum absolute atomic E-state index is 0.136. The highest BCUT2D eigenvalue weighted by Crippen LogP contribution is 2.39. The van der Waals surface area contributed by atoms with Crippen LogP contribution >= 0.6 is 0 Å². The summed E-state index contributed by atoms with van der Waals surface area (Å²) >= 11 is 0. The molecule has 19 heavy (non-hydrogen) atoms. The van der Waals surface area contributed by atoms with Gasteiger partial charge in [0.05, 0.1) is 6.54 Å². The summed E-state index contributed by atoms with van der Waals surface area (Å²) in [5.74, 6) is 2.77. The topological polar surface area (TPSA) is 45.6 Å². The van der Waals surface area contributed by atoms with Crippen LogP contribution in [-0.4, -0.2) is 48.6 Å². The van der Waals surface area contributed by atoms with Crippen LogP contribution in [0.5, 0.6) is 0 Å². The first-order chi connectivity index (χ1) is 9.14. The third-order valence-electron chi connectivity index (χ3n) is 5.15. The Morgan fingerprint density at radius 3 is 2.63 bits per heavy atom. The number of fused-ring (bicyclic) bond motifs is 3. The zero-order chi connectivity index (χ0) is 13.5. The monoisotopic (exact) mass is 263 g/mol. The van der Waals surface area contributed by atoms with Gasteiger partial charge in [0, 0.05) is 18.6 Å². The van der Waals surface area contributed by atoms with Crippen LogP contribution in [0.15, 0.2) is 16.5 Å². The molecule has 0 radical (unpaired) electrons. The first-order valence-electron chi connectivity index (χ1n) is 7.33. The van der Waals surface area contributed by atoms with Crippen molar-refractivity contribution in [1.82, 2.24) is 9.80 Å². The van der Waals surface area contributed by atoms with Gasteiger partial charge in [-0.25, -0.2) is 0 Å². The zero-order valence-corrected chi connectivity index (χ0v) is 12.1. The van der Waals surface area contributed by atoms with Gasteiger partial charge in [-0.05, 0) is 58.0 Å². The molecule has 0 spiro atoms. The van der Waals surface area contributed by atoms with Crippen LogP contribution < -0.4 is 5.73 Å². The lowest BCUT2D eigenvalue weighted by Gasteiger charge is -2.56. The van der Waals surface area contributed by atoms with Crippen LogP contribution in [0, 0.1) is 12.8 Å². The molecule has 0 aromatic carbocycles. The number of nitrogens with two attached hydrogens (primary N) is 1. The minimum atomic E-state index is 0.136. The highest BCUT2D eigenvalue weighted by Gasteiger charge is 2.48. The Morgan fingerprint density at radius 1 is 1.42 bits per heavy atom. The lowest BCUT2D eigenvalue weighted by atomic mass is 9.71. The van der Waals surface area contributed by atoms with Crippen molar-refractivity contribution in [1.29, 1.82) is 0 Å². The number of hydrogen-bond donors (Lipinski definition) is 1. The third kappa shape index (κ3) is 2.22. The number of nitrogens with zero attached hydrogens (tertiary/aromatic N) is 2. The van der Waals surface area contributed by atoms with E-state index in [0.717, 1.165) is 37.1 Å². The van der Waals surface area contributed by atoms with Crippen LogP contribution in [-0.2, 0) is 6.54 Å². The van der Waals surface area contributed by atoms with E-state index in [1.54, 1.807) is 0 Å². The Kier molecular flexibility index (Phi) is 3.41. The van der Waals surface area contributed by atoms with Gasteiger partial charge in [0.25, 0.3) is 0 Å². The van der Waals surface area contributed by atoms with Gasteiger partial charge in [0.1, 0.15) is 11.5 Å². The molecule has 3 fully saturated rings. The SMILES string of the molecule is Cc1ccc(CN(C)C2(CN)CN3CCC2CC3)o1. The minimum Gasteiger partial charge on any atom is -0.465 e. The lowest BCUT2D eigenvalue weighted by molar-refractivity contribution is -0.0616. The number of furan rings is 1. The van der Waals surface area contributed by atoms with Gasteiger partial charge in [-0.15, -0.1) is 0 Å². The number of piperidine rings is 3. The predicted octanol–water partition coefficient (Wildman–Crippen LogP) is 1.44. The molecule has 4 heteroatoms. The summed E-state index contributed by atoms with van der Waals surface area (Å²) in [5, 5.41) is 0. The second-order valence-electron chi connectivity index (χ2n) is 6.23. The fraction of sp³-hybridized carbons (Fsp3) is 0.733.